The van der Waals surface area contributed by atoms with Gasteiger partial charge in [0.15, 0.2) is 10.9 Å². The van der Waals surface area contributed by atoms with Gasteiger partial charge in [0.1, 0.15) is 17.3 Å². The number of ketones is 1. The fourth-order valence-electron chi connectivity index (χ4n) is 3.25. The Morgan fingerprint density at radius 3 is 2.45 bits per heavy atom. The molecular formula is C25H22N4O3S. The third kappa shape index (κ3) is 5.30. The number of aromatic nitrogens is 3. The zero-order chi connectivity index (χ0) is 23.2. The van der Waals surface area contributed by atoms with E-state index in [1.807, 2.05) is 59.2 Å². The highest BCUT2D eigenvalue weighted by molar-refractivity contribution is 8.00. The Hall–Kier alpha value is -3.91. The second-order valence-electron chi connectivity index (χ2n) is 7.22. The van der Waals surface area contributed by atoms with Crippen LogP contribution in [-0.4, -0.2) is 33.6 Å². The average Bonchev–Trinajstić information content (AvgIpc) is 3.31. The van der Waals surface area contributed by atoms with Crippen LogP contribution in [-0.2, 0) is 4.79 Å². The predicted octanol–water partition coefficient (Wildman–Crippen LogP) is 4.95. The first kappa shape index (κ1) is 22.3. The third-order valence-electron chi connectivity index (χ3n) is 4.97. The molecule has 166 valence electrons. The first-order chi connectivity index (χ1) is 16.0. The standard InChI is InChI=1S/C25H22N4O3S/c1-17(30)19-9-6-10-20(15-19)27-24(31)23(18-7-4-3-5-8-18)33-25-28-26-16-29(25)21-11-13-22(32-2)14-12-21/h3-16,23H,1-2H3,(H,27,31)/t23-/m0/s1. The van der Waals surface area contributed by atoms with Crippen LogP contribution in [0.3, 0.4) is 0 Å². The van der Waals surface area contributed by atoms with E-state index in [0.717, 1.165) is 17.0 Å². The Morgan fingerprint density at radius 1 is 1.00 bits per heavy atom. The molecule has 0 spiro atoms. The van der Waals surface area contributed by atoms with Gasteiger partial charge in [-0.2, -0.15) is 0 Å². The van der Waals surface area contributed by atoms with Gasteiger partial charge in [-0.3, -0.25) is 14.2 Å². The number of rotatable bonds is 8. The van der Waals surface area contributed by atoms with Crippen LogP contribution in [0.4, 0.5) is 5.69 Å². The van der Waals surface area contributed by atoms with Crippen molar-refractivity contribution in [2.24, 2.45) is 0 Å². The molecule has 7 nitrogen and oxygen atoms in total. The minimum atomic E-state index is -0.589. The maximum Gasteiger partial charge on any atom is 0.242 e. The molecule has 1 atom stereocenters. The van der Waals surface area contributed by atoms with Gasteiger partial charge in [0.05, 0.1) is 7.11 Å². The van der Waals surface area contributed by atoms with Crippen LogP contribution in [0.5, 0.6) is 5.75 Å². The summed E-state index contributed by atoms with van der Waals surface area (Å²) in [6.45, 7) is 1.50. The van der Waals surface area contributed by atoms with E-state index in [2.05, 4.69) is 15.5 Å². The number of carbonyl (C=O) groups is 2. The average molecular weight is 459 g/mol. The Balaban J connectivity index is 1.63. The van der Waals surface area contributed by atoms with E-state index >= 15 is 0 Å². The molecule has 3 aromatic carbocycles. The molecule has 0 saturated heterocycles. The number of thioether (sulfide) groups is 1. The number of anilines is 1. The van der Waals surface area contributed by atoms with Crippen LogP contribution in [0.25, 0.3) is 5.69 Å². The van der Waals surface area contributed by atoms with E-state index in [1.54, 1.807) is 37.7 Å². The van der Waals surface area contributed by atoms with Crippen LogP contribution in [0.1, 0.15) is 28.1 Å². The van der Waals surface area contributed by atoms with Crippen molar-refractivity contribution < 1.29 is 14.3 Å². The summed E-state index contributed by atoms with van der Waals surface area (Å²) in [7, 11) is 1.62. The largest absolute Gasteiger partial charge is 0.497 e. The lowest BCUT2D eigenvalue weighted by atomic mass is 10.1. The summed E-state index contributed by atoms with van der Waals surface area (Å²) in [4.78, 5) is 25.1. The van der Waals surface area contributed by atoms with Crippen molar-refractivity contribution in [2.45, 2.75) is 17.3 Å². The summed E-state index contributed by atoms with van der Waals surface area (Å²) < 4.78 is 7.05. The molecule has 0 bridgehead atoms. The quantitative estimate of drug-likeness (QED) is 0.297. The zero-order valence-corrected chi connectivity index (χ0v) is 19.0. The van der Waals surface area contributed by atoms with Gasteiger partial charge >= 0.3 is 0 Å². The number of nitrogens with zero attached hydrogens (tertiary/aromatic N) is 3. The molecule has 33 heavy (non-hydrogen) atoms. The van der Waals surface area contributed by atoms with Crippen molar-refractivity contribution in [3.8, 4) is 11.4 Å². The van der Waals surface area contributed by atoms with E-state index in [-0.39, 0.29) is 11.7 Å². The number of carbonyl (C=O) groups excluding carboxylic acids is 2. The lowest BCUT2D eigenvalue weighted by molar-refractivity contribution is -0.115. The number of nitrogens with one attached hydrogen (secondary N) is 1. The first-order valence-corrected chi connectivity index (χ1v) is 11.1. The second kappa shape index (κ2) is 10.1. The van der Waals surface area contributed by atoms with Gasteiger partial charge in [-0.05, 0) is 48.9 Å². The molecule has 0 aliphatic carbocycles. The fourth-order valence-corrected chi connectivity index (χ4v) is 4.29. The normalized spacial score (nSPS) is 11.6. The molecule has 0 radical (unpaired) electrons. The molecule has 1 N–H and O–H groups in total. The number of hydrogen-bond donors (Lipinski definition) is 1. The Kier molecular flexibility index (Phi) is 6.85. The number of methoxy groups -OCH3 is 1. The van der Waals surface area contributed by atoms with Gasteiger partial charge in [0.2, 0.25) is 5.91 Å². The Labute approximate surface area is 195 Å². The lowest BCUT2D eigenvalue weighted by Crippen LogP contribution is -2.19. The Bertz CT molecular complexity index is 1260. The molecule has 0 unspecified atom stereocenters. The van der Waals surface area contributed by atoms with Crippen molar-refractivity contribution in [2.75, 3.05) is 12.4 Å². The van der Waals surface area contributed by atoms with Gasteiger partial charge in [0, 0.05) is 16.9 Å². The minimum Gasteiger partial charge on any atom is -0.497 e. The lowest BCUT2D eigenvalue weighted by Gasteiger charge is -2.17. The maximum atomic E-state index is 13.4. The van der Waals surface area contributed by atoms with E-state index in [4.69, 9.17) is 4.74 Å². The number of benzene rings is 3. The molecule has 0 aliphatic heterocycles. The monoisotopic (exact) mass is 458 g/mol. The summed E-state index contributed by atoms with van der Waals surface area (Å²) in [6.07, 6.45) is 1.61. The van der Waals surface area contributed by atoms with Crippen LogP contribution >= 0.6 is 11.8 Å². The van der Waals surface area contributed by atoms with Gasteiger partial charge in [-0.1, -0.05) is 54.2 Å². The molecule has 0 fully saturated rings. The zero-order valence-electron chi connectivity index (χ0n) is 18.1. The van der Waals surface area contributed by atoms with E-state index in [1.165, 1.54) is 18.7 Å². The van der Waals surface area contributed by atoms with E-state index < -0.39 is 5.25 Å². The summed E-state index contributed by atoms with van der Waals surface area (Å²) in [5, 5.41) is 11.2. The number of amides is 1. The highest BCUT2D eigenvalue weighted by atomic mass is 32.2. The molecule has 0 aliphatic rings. The van der Waals surface area contributed by atoms with Crippen LogP contribution in [0.15, 0.2) is 90.3 Å². The summed E-state index contributed by atoms with van der Waals surface area (Å²) in [5.41, 5.74) is 2.78. The fraction of sp³-hybridized carbons (Fsp3) is 0.120. The molecular weight excluding hydrogens is 436 g/mol. The summed E-state index contributed by atoms with van der Waals surface area (Å²) >= 11 is 1.30. The van der Waals surface area contributed by atoms with Gasteiger partial charge < -0.3 is 10.1 Å². The second-order valence-corrected chi connectivity index (χ2v) is 8.29. The van der Waals surface area contributed by atoms with Gasteiger partial charge in [-0.15, -0.1) is 10.2 Å². The van der Waals surface area contributed by atoms with Crippen molar-refractivity contribution in [1.82, 2.24) is 14.8 Å². The smallest absolute Gasteiger partial charge is 0.242 e. The van der Waals surface area contributed by atoms with Crippen molar-refractivity contribution in [1.29, 1.82) is 0 Å². The molecule has 0 saturated carbocycles. The molecule has 8 heteroatoms. The molecule has 1 heterocycles. The number of hydrogen-bond acceptors (Lipinski definition) is 6. The van der Waals surface area contributed by atoms with E-state index in [0.29, 0.717) is 16.4 Å². The predicted molar refractivity (Wildman–Crippen MR) is 128 cm³/mol. The minimum absolute atomic E-state index is 0.0623. The van der Waals surface area contributed by atoms with Gasteiger partial charge in [0.25, 0.3) is 0 Å². The van der Waals surface area contributed by atoms with Crippen molar-refractivity contribution in [3.05, 3.63) is 96.3 Å². The maximum absolute atomic E-state index is 13.4. The Morgan fingerprint density at radius 2 is 1.76 bits per heavy atom. The topological polar surface area (TPSA) is 86.1 Å². The SMILES string of the molecule is COc1ccc(-n2cnnc2S[C@H](C(=O)Nc2cccc(C(C)=O)c2)c2ccccc2)cc1. The van der Waals surface area contributed by atoms with Crippen LogP contribution < -0.4 is 10.1 Å². The third-order valence-corrected chi connectivity index (χ3v) is 6.18. The van der Waals surface area contributed by atoms with E-state index in [9.17, 15) is 9.59 Å². The molecule has 1 amide bonds. The number of ether oxygens (including phenoxy) is 1. The molecule has 4 aromatic rings. The van der Waals surface area contributed by atoms with Crippen LogP contribution in [0.2, 0.25) is 0 Å². The highest BCUT2D eigenvalue weighted by Gasteiger charge is 2.25. The van der Waals surface area contributed by atoms with Crippen molar-refractivity contribution >= 4 is 29.1 Å². The van der Waals surface area contributed by atoms with Crippen molar-refractivity contribution in [3.63, 3.8) is 0 Å². The molecule has 4 rings (SSSR count). The highest BCUT2D eigenvalue weighted by Crippen LogP contribution is 2.36. The number of Topliss-reactive ketones (excluding diaryl/α,β-unsaturated/α-hetero) is 1. The van der Waals surface area contributed by atoms with Gasteiger partial charge in [-0.25, -0.2) is 0 Å². The first-order valence-electron chi connectivity index (χ1n) is 10.2. The summed E-state index contributed by atoms with van der Waals surface area (Å²) in [6, 6.07) is 23.9. The summed E-state index contributed by atoms with van der Waals surface area (Å²) in [5.74, 6) is 0.458. The van der Waals surface area contributed by atoms with Crippen LogP contribution in [0, 0.1) is 0 Å². The molecule has 1 aromatic heterocycles.